The minimum Gasteiger partial charge on any atom is -0.338 e. The molecule has 1 aliphatic heterocycles. The molecule has 1 amide bonds. The Bertz CT molecular complexity index is 677. The molecule has 2 aromatic rings. The second-order valence-electron chi connectivity index (χ2n) is 6.82. The fourth-order valence-corrected chi connectivity index (χ4v) is 3.63. The Kier molecular flexibility index (Phi) is 5.34. The van der Waals surface area contributed by atoms with E-state index in [9.17, 15) is 4.79 Å². The van der Waals surface area contributed by atoms with Gasteiger partial charge in [-0.1, -0.05) is 37.3 Å². The number of amides is 1. The normalized spacial score (nSPS) is 17.9. The Morgan fingerprint density at radius 2 is 2.08 bits per heavy atom. The van der Waals surface area contributed by atoms with E-state index in [1.165, 1.54) is 12.0 Å². The summed E-state index contributed by atoms with van der Waals surface area (Å²) in [5.41, 5.74) is 3.12. The molecule has 128 valence electrons. The number of hydrogen-bond acceptors (Lipinski definition) is 2. The topological polar surface area (TPSA) is 38.1 Å². The molecule has 0 saturated carbocycles. The van der Waals surface area contributed by atoms with Crippen LogP contribution < -0.4 is 0 Å². The van der Waals surface area contributed by atoms with E-state index >= 15 is 0 Å². The van der Waals surface area contributed by atoms with Gasteiger partial charge >= 0.3 is 0 Å². The van der Waals surface area contributed by atoms with E-state index in [1.54, 1.807) is 6.20 Å². The lowest BCUT2D eigenvalue weighted by atomic mass is 9.91. The summed E-state index contributed by atoms with van der Waals surface area (Å²) in [6.45, 7) is 6.72. The fraction of sp³-hybridized carbons (Fsp3) is 0.500. The second-order valence-corrected chi connectivity index (χ2v) is 6.82. The van der Waals surface area contributed by atoms with Crippen molar-refractivity contribution in [1.29, 1.82) is 0 Å². The third-order valence-corrected chi connectivity index (χ3v) is 4.94. The van der Waals surface area contributed by atoms with Crippen LogP contribution in [0.15, 0.2) is 36.5 Å². The van der Waals surface area contributed by atoms with Crippen molar-refractivity contribution < 1.29 is 4.79 Å². The Morgan fingerprint density at radius 1 is 1.29 bits per heavy atom. The number of aromatic nitrogens is 2. The standard InChI is InChI=1S/C20H27N3O/c1-3-11-23-16(2)19(14-21-23)20(24)22-12-7-10-18(15-22)13-17-8-5-4-6-9-17/h4-6,8-9,14,18H,3,7,10-13,15H2,1-2H3/t18-/m1/s1. The van der Waals surface area contributed by atoms with Gasteiger partial charge in [-0.25, -0.2) is 0 Å². The first-order valence-electron chi connectivity index (χ1n) is 9.04. The van der Waals surface area contributed by atoms with Crippen LogP contribution in [0.4, 0.5) is 0 Å². The average Bonchev–Trinajstić information content (AvgIpc) is 2.97. The van der Waals surface area contributed by atoms with Gasteiger partial charge in [0.15, 0.2) is 0 Å². The number of carbonyl (C=O) groups is 1. The van der Waals surface area contributed by atoms with Crippen molar-refractivity contribution in [3.8, 4) is 0 Å². The van der Waals surface area contributed by atoms with Crippen molar-refractivity contribution in [1.82, 2.24) is 14.7 Å². The molecule has 0 aliphatic carbocycles. The molecule has 0 N–H and O–H groups in total. The number of hydrogen-bond donors (Lipinski definition) is 0. The zero-order chi connectivity index (χ0) is 16.9. The zero-order valence-electron chi connectivity index (χ0n) is 14.7. The highest BCUT2D eigenvalue weighted by Gasteiger charge is 2.26. The molecule has 1 aromatic carbocycles. The van der Waals surface area contributed by atoms with Gasteiger partial charge in [-0.2, -0.15) is 5.10 Å². The lowest BCUT2D eigenvalue weighted by Crippen LogP contribution is -2.40. The molecule has 0 radical (unpaired) electrons. The number of nitrogens with zero attached hydrogens (tertiary/aromatic N) is 3. The largest absolute Gasteiger partial charge is 0.338 e. The van der Waals surface area contributed by atoms with Crippen LogP contribution in [0, 0.1) is 12.8 Å². The molecule has 0 bridgehead atoms. The molecule has 4 nitrogen and oxygen atoms in total. The monoisotopic (exact) mass is 325 g/mol. The van der Waals surface area contributed by atoms with Crippen LogP contribution >= 0.6 is 0 Å². The van der Waals surface area contributed by atoms with Crippen LogP contribution in [0.25, 0.3) is 0 Å². The first-order chi connectivity index (χ1) is 11.7. The van der Waals surface area contributed by atoms with Gasteiger partial charge in [0.2, 0.25) is 0 Å². The van der Waals surface area contributed by atoms with E-state index in [1.807, 2.05) is 16.5 Å². The van der Waals surface area contributed by atoms with E-state index < -0.39 is 0 Å². The maximum absolute atomic E-state index is 12.9. The maximum Gasteiger partial charge on any atom is 0.257 e. The van der Waals surface area contributed by atoms with Gasteiger partial charge in [0.25, 0.3) is 5.91 Å². The zero-order valence-corrected chi connectivity index (χ0v) is 14.7. The van der Waals surface area contributed by atoms with Crippen molar-refractivity contribution in [2.75, 3.05) is 13.1 Å². The number of aryl methyl sites for hydroxylation is 1. The molecule has 1 aliphatic rings. The maximum atomic E-state index is 12.9. The predicted molar refractivity (Wildman–Crippen MR) is 96.0 cm³/mol. The number of piperidine rings is 1. The van der Waals surface area contributed by atoms with Crippen LogP contribution in [0.1, 0.15) is 47.8 Å². The van der Waals surface area contributed by atoms with Crippen molar-refractivity contribution >= 4 is 5.91 Å². The summed E-state index contributed by atoms with van der Waals surface area (Å²) >= 11 is 0. The lowest BCUT2D eigenvalue weighted by Gasteiger charge is -2.33. The molecule has 2 heterocycles. The highest BCUT2D eigenvalue weighted by Crippen LogP contribution is 2.23. The van der Waals surface area contributed by atoms with Crippen LogP contribution in [0.5, 0.6) is 0 Å². The minimum absolute atomic E-state index is 0.146. The van der Waals surface area contributed by atoms with Crippen molar-refractivity contribution in [2.24, 2.45) is 5.92 Å². The lowest BCUT2D eigenvalue weighted by molar-refractivity contribution is 0.0672. The molecular formula is C20H27N3O. The number of benzene rings is 1. The first kappa shape index (κ1) is 16.7. The van der Waals surface area contributed by atoms with Gasteiger partial charge in [-0.3, -0.25) is 9.48 Å². The molecule has 1 aromatic heterocycles. The van der Waals surface area contributed by atoms with Gasteiger partial charge < -0.3 is 4.90 Å². The Labute approximate surface area is 144 Å². The highest BCUT2D eigenvalue weighted by molar-refractivity contribution is 5.95. The van der Waals surface area contributed by atoms with Gasteiger partial charge in [0, 0.05) is 25.3 Å². The first-order valence-corrected chi connectivity index (χ1v) is 9.04. The highest BCUT2D eigenvalue weighted by atomic mass is 16.2. The molecule has 1 atom stereocenters. The van der Waals surface area contributed by atoms with Gasteiger partial charge in [0.05, 0.1) is 11.8 Å². The molecule has 24 heavy (non-hydrogen) atoms. The summed E-state index contributed by atoms with van der Waals surface area (Å²) < 4.78 is 1.94. The quantitative estimate of drug-likeness (QED) is 0.841. The number of likely N-dealkylation sites (tertiary alicyclic amines) is 1. The van der Waals surface area contributed by atoms with E-state index in [0.717, 1.165) is 50.2 Å². The average molecular weight is 325 g/mol. The Hall–Kier alpha value is -2.10. The molecule has 3 rings (SSSR count). The van der Waals surface area contributed by atoms with E-state index in [4.69, 9.17) is 0 Å². The van der Waals surface area contributed by atoms with Gasteiger partial charge in [-0.05, 0) is 44.1 Å². The summed E-state index contributed by atoms with van der Waals surface area (Å²) in [6, 6.07) is 10.6. The molecule has 0 unspecified atom stereocenters. The molecule has 1 fully saturated rings. The van der Waals surface area contributed by atoms with Gasteiger partial charge in [0.1, 0.15) is 0 Å². The van der Waals surface area contributed by atoms with Crippen LogP contribution in [-0.2, 0) is 13.0 Å². The third kappa shape index (κ3) is 3.69. The molecular weight excluding hydrogens is 298 g/mol. The van der Waals surface area contributed by atoms with Crippen molar-refractivity contribution in [2.45, 2.75) is 46.1 Å². The summed E-state index contributed by atoms with van der Waals surface area (Å²) in [6.07, 6.45) is 6.12. The van der Waals surface area contributed by atoms with E-state index in [-0.39, 0.29) is 5.91 Å². The fourth-order valence-electron chi connectivity index (χ4n) is 3.63. The SMILES string of the molecule is CCCn1ncc(C(=O)N2CCC[C@H](Cc3ccccc3)C2)c1C. The second kappa shape index (κ2) is 7.65. The summed E-state index contributed by atoms with van der Waals surface area (Å²) in [5, 5.41) is 4.38. The molecule has 0 spiro atoms. The predicted octanol–water partition coefficient (Wildman–Crippen LogP) is 3.70. The Morgan fingerprint density at radius 3 is 2.83 bits per heavy atom. The smallest absolute Gasteiger partial charge is 0.257 e. The van der Waals surface area contributed by atoms with Crippen LogP contribution in [0.2, 0.25) is 0 Å². The number of rotatable bonds is 5. The van der Waals surface area contributed by atoms with Crippen molar-refractivity contribution in [3.05, 3.63) is 53.3 Å². The summed E-state index contributed by atoms with van der Waals surface area (Å²) in [5.74, 6) is 0.698. The van der Waals surface area contributed by atoms with Crippen molar-refractivity contribution in [3.63, 3.8) is 0 Å². The van der Waals surface area contributed by atoms with Gasteiger partial charge in [-0.15, -0.1) is 0 Å². The molecule has 1 saturated heterocycles. The Balaban J connectivity index is 1.67. The van der Waals surface area contributed by atoms with Crippen LogP contribution in [-0.4, -0.2) is 33.7 Å². The van der Waals surface area contributed by atoms with E-state index in [0.29, 0.717) is 5.92 Å². The third-order valence-electron chi connectivity index (χ3n) is 4.94. The van der Waals surface area contributed by atoms with Crippen LogP contribution in [0.3, 0.4) is 0 Å². The summed E-state index contributed by atoms with van der Waals surface area (Å²) in [4.78, 5) is 14.9. The number of carbonyl (C=O) groups excluding carboxylic acids is 1. The van der Waals surface area contributed by atoms with E-state index in [2.05, 4.69) is 42.4 Å². The summed E-state index contributed by atoms with van der Waals surface area (Å²) in [7, 11) is 0. The molecule has 4 heteroatoms. The minimum atomic E-state index is 0.146.